The third kappa shape index (κ3) is 2.43. The van der Waals surface area contributed by atoms with Crippen LogP contribution in [0.25, 0.3) is 11.3 Å². The molecule has 1 fully saturated rings. The van der Waals surface area contributed by atoms with Gasteiger partial charge in [0.2, 0.25) is 10.0 Å². The highest BCUT2D eigenvalue weighted by atomic mass is 32.2. The lowest BCUT2D eigenvalue weighted by molar-refractivity contribution is 0.297. The molecule has 1 aromatic heterocycles. The van der Waals surface area contributed by atoms with Crippen molar-refractivity contribution in [2.45, 2.75) is 19.4 Å². The summed E-state index contributed by atoms with van der Waals surface area (Å²) in [5.41, 5.74) is 2.04. The number of sulfonamides is 1. The second-order valence-electron chi connectivity index (χ2n) is 6.87. The van der Waals surface area contributed by atoms with Gasteiger partial charge in [0.25, 0.3) is 0 Å². The first-order valence-electron chi connectivity index (χ1n) is 8.05. The van der Waals surface area contributed by atoms with Crippen molar-refractivity contribution in [2.75, 3.05) is 26.5 Å². The van der Waals surface area contributed by atoms with Crippen molar-refractivity contribution in [1.29, 1.82) is 0 Å². The van der Waals surface area contributed by atoms with Crippen molar-refractivity contribution >= 4 is 10.0 Å². The van der Waals surface area contributed by atoms with Gasteiger partial charge in [-0.3, -0.25) is 0 Å². The van der Waals surface area contributed by atoms with Crippen LogP contribution >= 0.6 is 0 Å². The van der Waals surface area contributed by atoms with Crippen LogP contribution in [-0.4, -0.2) is 48.7 Å². The highest BCUT2D eigenvalue weighted by molar-refractivity contribution is 7.88. The molecule has 2 aliphatic heterocycles. The van der Waals surface area contributed by atoms with Crippen LogP contribution < -0.4 is 4.74 Å². The fourth-order valence-corrected chi connectivity index (χ4v) is 4.91. The summed E-state index contributed by atoms with van der Waals surface area (Å²) in [4.78, 5) is 4.59. The zero-order valence-electron chi connectivity index (χ0n) is 13.9. The Morgan fingerprint density at radius 3 is 2.75 bits per heavy atom. The molecular formula is C17H21N3O3S. The van der Waals surface area contributed by atoms with E-state index >= 15 is 0 Å². The van der Waals surface area contributed by atoms with Crippen molar-refractivity contribution in [2.24, 2.45) is 5.41 Å². The van der Waals surface area contributed by atoms with E-state index < -0.39 is 10.0 Å². The van der Waals surface area contributed by atoms with Crippen molar-refractivity contribution in [1.82, 2.24) is 13.9 Å². The number of methoxy groups -OCH3 is 1. The summed E-state index contributed by atoms with van der Waals surface area (Å²) in [6.45, 7) is 2.00. The molecule has 2 aliphatic rings. The fraction of sp³-hybridized carbons (Fsp3) is 0.471. The van der Waals surface area contributed by atoms with E-state index in [-0.39, 0.29) is 5.41 Å². The van der Waals surface area contributed by atoms with E-state index in [1.54, 1.807) is 11.4 Å². The lowest BCUT2D eigenvalue weighted by Gasteiger charge is -2.22. The van der Waals surface area contributed by atoms with Gasteiger partial charge in [-0.05, 0) is 18.6 Å². The van der Waals surface area contributed by atoms with E-state index in [1.165, 1.54) is 6.26 Å². The second-order valence-corrected chi connectivity index (χ2v) is 8.85. The monoisotopic (exact) mass is 347 g/mol. The predicted molar refractivity (Wildman–Crippen MR) is 91.4 cm³/mol. The molecule has 7 heteroatoms. The lowest BCUT2D eigenvalue weighted by atomic mass is 9.86. The van der Waals surface area contributed by atoms with Crippen molar-refractivity contribution in [3.05, 3.63) is 36.3 Å². The molecular weight excluding hydrogens is 326 g/mol. The zero-order valence-corrected chi connectivity index (χ0v) is 14.7. The highest BCUT2D eigenvalue weighted by Gasteiger charge is 2.46. The molecule has 24 heavy (non-hydrogen) atoms. The minimum absolute atomic E-state index is 0.0244. The summed E-state index contributed by atoms with van der Waals surface area (Å²) >= 11 is 0. The number of aromatic nitrogens is 2. The standard InChI is InChI=1S/C17H21N3O3S/c1-23-15-6-4-3-5-13(15)14-10-18-16-9-17(12-20(14)16)7-8-19(11-17)24(2,21)22/h3-6,10H,7-9,11-12H2,1-2H3/t17-/m0/s1. The van der Waals surface area contributed by atoms with Crippen LogP contribution in [0, 0.1) is 5.41 Å². The van der Waals surface area contributed by atoms with Gasteiger partial charge in [0.15, 0.2) is 0 Å². The molecule has 1 aromatic carbocycles. The molecule has 0 N–H and O–H groups in total. The van der Waals surface area contributed by atoms with E-state index in [9.17, 15) is 8.42 Å². The number of hydrogen-bond donors (Lipinski definition) is 0. The number of ether oxygens (including phenoxy) is 1. The van der Waals surface area contributed by atoms with Gasteiger partial charge < -0.3 is 9.30 Å². The first-order chi connectivity index (χ1) is 11.4. The number of para-hydroxylation sites is 1. The van der Waals surface area contributed by atoms with Crippen LogP contribution in [0.1, 0.15) is 12.2 Å². The molecule has 6 nitrogen and oxygen atoms in total. The Hall–Kier alpha value is -1.86. The van der Waals surface area contributed by atoms with Gasteiger partial charge in [0.05, 0.1) is 25.3 Å². The van der Waals surface area contributed by atoms with Crippen molar-refractivity contribution < 1.29 is 13.2 Å². The Kier molecular flexibility index (Phi) is 3.47. The molecule has 3 heterocycles. The van der Waals surface area contributed by atoms with Crippen LogP contribution in [0.2, 0.25) is 0 Å². The summed E-state index contributed by atoms with van der Waals surface area (Å²) < 4.78 is 33.0. The molecule has 0 aliphatic carbocycles. The quantitative estimate of drug-likeness (QED) is 0.849. The van der Waals surface area contributed by atoms with Crippen LogP contribution in [0.15, 0.2) is 30.5 Å². The molecule has 0 saturated carbocycles. The van der Waals surface area contributed by atoms with Gasteiger partial charge >= 0.3 is 0 Å². The number of rotatable bonds is 3. The van der Waals surface area contributed by atoms with E-state index in [0.29, 0.717) is 13.1 Å². The van der Waals surface area contributed by atoms with E-state index in [2.05, 4.69) is 9.55 Å². The average molecular weight is 347 g/mol. The van der Waals surface area contributed by atoms with Crippen LogP contribution in [0.4, 0.5) is 0 Å². The molecule has 0 unspecified atom stereocenters. The Morgan fingerprint density at radius 1 is 1.25 bits per heavy atom. The number of hydrogen-bond acceptors (Lipinski definition) is 4. The molecule has 0 amide bonds. The minimum Gasteiger partial charge on any atom is -0.496 e. The maximum Gasteiger partial charge on any atom is 0.211 e. The Labute approximate surface area is 142 Å². The van der Waals surface area contributed by atoms with Crippen LogP contribution in [-0.2, 0) is 23.0 Å². The maximum absolute atomic E-state index is 11.8. The summed E-state index contributed by atoms with van der Waals surface area (Å²) in [6, 6.07) is 7.92. The molecule has 128 valence electrons. The largest absolute Gasteiger partial charge is 0.496 e. The third-order valence-electron chi connectivity index (χ3n) is 5.22. The number of nitrogens with zero attached hydrogens (tertiary/aromatic N) is 3. The molecule has 2 aromatic rings. The van der Waals surface area contributed by atoms with Gasteiger partial charge in [0.1, 0.15) is 11.6 Å². The molecule has 1 spiro atoms. The first kappa shape index (κ1) is 15.7. The summed E-state index contributed by atoms with van der Waals surface area (Å²) in [7, 11) is -1.46. The molecule has 0 bridgehead atoms. The number of benzene rings is 1. The zero-order chi connectivity index (χ0) is 16.9. The Morgan fingerprint density at radius 2 is 2.04 bits per heavy atom. The maximum atomic E-state index is 11.8. The fourth-order valence-electron chi connectivity index (χ4n) is 3.98. The first-order valence-corrected chi connectivity index (χ1v) is 9.90. The van der Waals surface area contributed by atoms with E-state index in [0.717, 1.165) is 42.2 Å². The third-order valence-corrected chi connectivity index (χ3v) is 6.47. The normalized spacial score (nSPS) is 23.8. The summed E-state index contributed by atoms with van der Waals surface area (Å²) in [5, 5.41) is 0. The minimum atomic E-state index is -3.13. The van der Waals surface area contributed by atoms with Crippen molar-refractivity contribution in [3.8, 4) is 17.0 Å². The van der Waals surface area contributed by atoms with Gasteiger partial charge in [-0.25, -0.2) is 17.7 Å². The topological polar surface area (TPSA) is 64.4 Å². The summed E-state index contributed by atoms with van der Waals surface area (Å²) in [5.74, 6) is 1.86. The Balaban J connectivity index is 1.67. The van der Waals surface area contributed by atoms with E-state index in [4.69, 9.17) is 4.74 Å². The van der Waals surface area contributed by atoms with E-state index in [1.807, 2.05) is 30.5 Å². The highest BCUT2D eigenvalue weighted by Crippen LogP contribution is 2.44. The van der Waals surface area contributed by atoms with Crippen LogP contribution in [0.5, 0.6) is 5.75 Å². The SMILES string of the molecule is COc1ccccc1-c1cnc2n1C[C@@]1(CCN(S(C)(=O)=O)C1)C2. The Bertz CT molecular complexity index is 890. The van der Waals surface area contributed by atoms with Gasteiger partial charge in [-0.2, -0.15) is 0 Å². The molecule has 0 radical (unpaired) electrons. The average Bonchev–Trinajstić information content (AvgIpc) is 3.22. The number of fused-ring (bicyclic) bond motifs is 1. The predicted octanol–water partition coefficient (Wildman–Crippen LogP) is 1.77. The molecule has 1 atom stereocenters. The van der Waals surface area contributed by atoms with Crippen LogP contribution in [0.3, 0.4) is 0 Å². The smallest absolute Gasteiger partial charge is 0.211 e. The lowest BCUT2D eigenvalue weighted by Crippen LogP contribution is -2.32. The molecule has 1 saturated heterocycles. The van der Waals surface area contributed by atoms with Crippen molar-refractivity contribution in [3.63, 3.8) is 0 Å². The number of imidazole rings is 1. The second kappa shape index (κ2) is 5.32. The van der Waals surface area contributed by atoms with Gasteiger partial charge in [0, 0.05) is 37.0 Å². The molecule has 4 rings (SSSR count). The van der Waals surface area contributed by atoms with Gasteiger partial charge in [-0.15, -0.1) is 0 Å². The van der Waals surface area contributed by atoms with Gasteiger partial charge in [-0.1, -0.05) is 12.1 Å². The summed E-state index contributed by atoms with van der Waals surface area (Å²) in [6.07, 6.45) is 4.89.